The van der Waals surface area contributed by atoms with Crippen LogP contribution in [-0.2, 0) is 11.2 Å². The molecule has 0 unspecified atom stereocenters. The van der Waals surface area contributed by atoms with Crippen molar-refractivity contribution in [3.05, 3.63) is 23.8 Å². The van der Waals surface area contributed by atoms with Crippen LogP contribution in [0, 0.1) is 0 Å². The lowest BCUT2D eigenvalue weighted by Gasteiger charge is -2.13. The van der Waals surface area contributed by atoms with Gasteiger partial charge in [-0.25, -0.2) is 0 Å². The molecule has 1 aromatic rings. The molecule has 2 N–H and O–H groups in total. The summed E-state index contributed by atoms with van der Waals surface area (Å²) in [6, 6.07) is 3.37. The summed E-state index contributed by atoms with van der Waals surface area (Å²) in [6.45, 7) is 0. The summed E-state index contributed by atoms with van der Waals surface area (Å²) in [5.74, 6) is -2.18. The van der Waals surface area contributed by atoms with Crippen LogP contribution < -0.4 is 4.74 Å². The number of aromatic hydroxyl groups is 1. The highest BCUT2D eigenvalue weighted by atomic mass is 19.4. The van der Waals surface area contributed by atoms with Crippen LogP contribution in [0.2, 0.25) is 0 Å². The Bertz CT molecular complexity index is 415. The Kier molecular flexibility index (Phi) is 3.82. The van der Waals surface area contributed by atoms with E-state index in [1.165, 1.54) is 12.1 Å². The first-order valence-corrected chi connectivity index (χ1v) is 4.58. The van der Waals surface area contributed by atoms with E-state index < -0.39 is 30.3 Å². The van der Waals surface area contributed by atoms with Gasteiger partial charge in [-0.1, -0.05) is 6.07 Å². The van der Waals surface area contributed by atoms with Gasteiger partial charge in [0, 0.05) is 12.0 Å². The van der Waals surface area contributed by atoms with Crippen LogP contribution in [-0.4, -0.2) is 22.5 Å². The number of phenols is 1. The van der Waals surface area contributed by atoms with E-state index >= 15 is 0 Å². The van der Waals surface area contributed by atoms with Crippen LogP contribution in [0.1, 0.15) is 12.0 Å². The third-order valence-corrected chi connectivity index (χ3v) is 1.92. The average Bonchev–Trinajstić information content (AvgIpc) is 2.13. The summed E-state index contributed by atoms with van der Waals surface area (Å²) in [6.07, 6.45) is -5.52. The molecule has 0 saturated carbocycles. The van der Waals surface area contributed by atoms with Gasteiger partial charge in [-0.15, -0.1) is 13.2 Å². The zero-order chi connectivity index (χ0) is 13.1. The van der Waals surface area contributed by atoms with E-state index in [0.29, 0.717) is 0 Å². The number of carbonyl (C=O) groups is 1. The van der Waals surface area contributed by atoms with Gasteiger partial charge in [0.2, 0.25) is 0 Å². The van der Waals surface area contributed by atoms with Gasteiger partial charge in [0.05, 0.1) is 0 Å². The molecule has 0 radical (unpaired) electrons. The van der Waals surface area contributed by atoms with Crippen LogP contribution in [0.3, 0.4) is 0 Å². The smallest absolute Gasteiger partial charge is 0.508 e. The van der Waals surface area contributed by atoms with Crippen molar-refractivity contribution < 1.29 is 32.9 Å². The molecule has 0 saturated heterocycles. The number of carboxylic acid groups (broad SMARTS) is 1. The minimum Gasteiger partial charge on any atom is -0.508 e. The molecule has 0 aliphatic rings. The number of phenolic OH excluding ortho intramolecular Hbond substituents is 1. The minimum absolute atomic E-state index is 0.174. The third kappa shape index (κ3) is 4.21. The Morgan fingerprint density at radius 1 is 1.35 bits per heavy atom. The van der Waals surface area contributed by atoms with Crippen LogP contribution in [0.5, 0.6) is 11.5 Å². The quantitative estimate of drug-likeness (QED) is 0.860. The molecule has 0 fully saturated rings. The normalized spacial score (nSPS) is 11.2. The van der Waals surface area contributed by atoms with Gasteiger partial charge in [-0.05, 0) is 18.6 Å². The van der Waals surface area contributed by atoms with E-state index in [2.05, 4.69) is 4.74 Å². The number of rotatable bonds is 4. The van der Waals surface area contributed by atoms with Crippen molar-refractivity contribution in [3.63, 3.8) is 0 Å². The van der Waals surface area contributed by atoms with Crippen LogP contribution in [0.4, 0.5) is 13.2 Å². The van der Waals surface area contributed by atoms with E-state index in [1.54, 1.807) is 0 Å². The Hall–Kier alpha value is -1.92. The molecule has 7 heteroatoms. The summed E-state index contributed by atoms with van der Waals surface area (Å²) < 4.78 is 39.8. The minimum atomic E-state index is -4.88. The van der Waals surface area contributed by atoms with E-state index in [1.807, 2.05) is 0 Å². The second-order valence-electron chi connectivity index (χ2n) is 3.20. The molecular weight excluding hydrogens is 241 g/mol. The maximum atomic E-state index is 12.0. The molecule has 0 aliphatic heterocycles. The van der Waals surface area contributed by atoms with E-state index in [9.17, 15) is 23.1 Å². The van der Waals surface area contributed by atoms with Crippen LogP contribution >= 0.6 is 0 Å². The zero-order valence-electron chi connectivity index (χ0n) is 8.49. The van der Waals surface area contributed by atoms with Gasteiger partial charge >= 0.3 is 12.3 Å². The van der Waals surface area contributed by atoms with Crippen molar-refractivity contribution in [2.24, 2.45) is 0 Å². The van der Waals surface area contributed by atoms with Crippen LogP contribution in [0.15, 0.2) is 18.2 Å². The van der Waals surface area contributed by atoms with Crippen molar-refractivity contribution in [2.45, 2.75) is 19.2 Å². The molecule has 1 rings (SSSR count). The lowest BCUT2D eigenvalue weighted by Crippen LogP contribution is -2.18. The van der Waals surface area contributed by atoms with Gasteiger partial charge in [0.15, 0.2) is 0 Å². The number of halogens is 3. The first-order chi connectivity index (χ1) is 7.79. The molecule has 0 atom stereocenters. The van der Waals surface area contributed by atoms with Crippen molar-refractivity contribution >= 4 is 5.97 Å². The first kappa shape index (κ1) is 13.1. The van der Waals surface area contributed by atoms with E-state index in [-0.39, 0.29) is 12.0 Å². The van der Waals surface area contributed by atoms with Crippen molar-refractivity contribution in [1.29, 1.82) is 0 Å². The standard InChI is InChI=1S/C10H9F3O4/c11-10(12,13)17-8-3-1-2-7(14)6(8)4-5-9(15)16/h1-3,14H,4-5H2,(H,15,16). The third-order valence-electron chi connectivity index (χ3n) is 1.92. The van der Waals surface area contributed by atoms with Crippen molar-refractivity contribution in [3.8, 4) is 11.5 Å². The average molecular weight is 250 g/mol. The summed E-state index contributed by atoms with van der Waals surface area (Å²) >= 11 is 0. The number of hydrogen-bond acceptors (Lipinski definition) is 3. The van der Waals surface area contributed by atoms with Crippen molar-refractivity contribution in [1.82, 2.24) is 0 Å². The molecular formula is C10H9F3O4. The molecule has 1 aromatic carbocycles. The summed E-state index contributed by atoms with van der Waals surface area (Å²) in [7, 11) is 0. The topological polar surface area (TPSA) is 66.8 Å². The number of carboxylic acids is 1. The molecule has 0 aromatic heterocycles. The fourth-order valence-electron chi connectivity index (χ4n) is 1.26. The predicted molar refractivity (Wildman–Crippen MR) is 50.7 cm³/mol. The lowest BCUT2D eigenvalue weighted by atomic mass is 10.1. The molecule has 0 amide bonds. The Morgan fingerprint density at radius 3 is 2.53 bits per heavy atom. The molecule has 4 nitrogen and oxygen atoms in total. The maximum absolute atomic E-state index is 12.0. The SMILES string of the molecule is O=C(O)CCc1c(O)cccc1OC(F)(F)F. The molecule has 0 bridgehead atoms. The molecule has 0 spiro atoms. The van der Waals surface area contributed by atoms with Gasteiger partial charge in [0.1, 0.15) is 11.5 Å². The number of ether oxygens (including phenoxy) is 1. The maximum Gasteiger partial charge on any atom is 0.573 e. The van der Waals surface area contributed by atoms with E-state index in [4.69, 9.17) is 5.11 Å². The van der Waals surface area contributed by atoms with Gasteiger partial charge in [-0.3, -0.25) is 4.79 Å². The second-order valence-corrected chi connectivity index (χ2v) is 3.20. The molecule has 17 heavy (non-hydrogen) atoms. The highest BCUT2D eigenvalue weighted by molar-refractivity contribution is 5.67. The lowest BCUT2D eigenvalue weighted by molar-refractivity contribution is -0.274. The zero-order valence-corrected chi connectivity index (χ0v) is 8.49. The highest BCUT2D eigenvalue weighted by Gasteiger charge is 2.32. The van der Waals surface area contributed by atoms with Crippen LogP contribution in [0.25, 0.3) is 0 Å². The van der Waals surface area contributed by atoms with Crippen molar-refractivity contribution in [2.75, 3.05) is 0 Å². The van der Waals surface area contributed by atoms with E-state index in [0.717, 1.165) is 6.07 Å². The van der Waals surface area contributed by atoms with Gasteiger partial charge in [-0.2, -0.15) is 0 Å². The Balaban J connectivity index is 2.96. The number of alkyl halides is 3. The molecule has 0 aliphatic carbocycles. The fourth-order valence-corrected chi connectivity index (χ4v) is 1.26. The first-order valence-electron chi connectivity index (χ1n) is 4.58. The largest absolute Gasteiger partial charge is 0.573 e. The van der Waals surface area contributed by atoms with Gasteiger partial charge in [0.25, 0.3) is 0 Å². The summed E-state index contributed by atoms with van der Waals surface area (Å²) in [4.78, 5) is 10.3. The van der Waals surface area contributed by atoms with Gasteiger partial charge < -0.3 is 14.9 Å². The fraction of sp³-hybridized carbons (Fsp3) is 0.300. The number of hydrogen-bond donors (Lipinski definition) is 2. The predicted octanol–water partition coefficient (Wildman–Crippen LogP) is 2.31. The Labute approximate surface area is 94.3 Å². The molecule has 94 valence electrons. The summed E-state index contributed by atoms with van der Waals surface area (Å²) in [5, 5.41) is 17.8. The molecule has 0 heterocycles. The number of aliphatic carboxylic acids is 1. The highest BCUT2D eigenvalue weighted by Crippen LogP contribution is 2.32. The summed E-state index contributed by atoms with van der Waals surface area (Å²) in [5.41, 5.74) is -0.174. The second kappa shape index (κ2) is 4.94. The monoisotopic (exact) mass is 250 g/mol. The Morgan fingerprint density at radius 2 is 2.00 bits per heavy atom. The number of benzene rings is 1.